The van der Waals surface area contributed by atoms with E-state index < -0.39 is 0 Å². The number of hydrogen-bond donors (Lipinski definition) is 2. The molecule has 1 spiro atoms. The number of aryl methyl sites for hydroxylation is 2. The van der Waals surface area contributed by atoms with Gasteiger partial charge in [0, 0.05) is 7.05 Å². The SMILES string of the molecule is Cc1nc(N[C@@H]2COC3(CCNCC3)C2)c2cnn(C)c2n1. The van der Waals surface area contributed by atoms with E-state index in [9.17, 15) is 0 Å². The first kappa shape index (κ1) is 13.9. The molecule has 2 aromatic heterocycles. The smallest absolute Gasteiger partial charge is 0.163 e. The largest absolute Gasteiger partial charge is 0.373 e. The number of aromatic nitrogens is 4. The first-order chi connectivity index (χ1) is 10.7. The molecule has 0 bridgehead atoms. The molecule has 0 radical (unpaired) electrons. The minimum atomic E-state index is 0.0546. The minimum Gasteiger partial charge on any atom is -0.373 e. The molecule has 2 fully saturated rings. The van der Waals surface area contributed by atoms with Crippen molar-refractivity contribution >= 4 is 16.9 Å². The van der Waals surface area contributed by atoms with Crippen molar-refractivity contribution in [3.05, 3.63) is 12.0 Å². The summed E-state index contributed by atoms with van der Waals surface area (Å²) in [6.45, 7) is 4.75. The van der Waals surface area contributed by atoms with Gasteiger partial charge in [-0.1, -0.05) is 0 Å². The molecule has 7 heteroatoms. The van der Waals surface area contributed by atoms with Crippen LogP contribution in [0.15, 0.2) is 6.20 Å². The Bertz CT molecular complexity index is 691. The number of ether oxygens (including phenoxy) is 1. The Morgan fingerprint density at radius 2 is 2.18 bits per heavy atom. The summed E-state index contributed by atoms with van der Waals surface area (Å²) in [5.74, 6) is 1.63. The van der Waals surface area contributed by atoms with E-state index in [1.54, 1.807) is 4.68 Å². The summed E-state index contributed by atoms with van der Waals surface area (Å²) in [6.07, 6.45) is 5.05. The Morgan fingerprint density at radius 1 is 1.36 bits per heavy atom. The molecule has 2 aliphatic rings. The fourth-order valence-electron chi connectivity index (χ4n) is 3.60. The van der Waals surface area contributed by atoms with Crippen molar-refractivity contribution in [2.45, 2.75) is 37.8 Å². The molecule has 2 aromatic rings. The summed E-state index contributed by atoms with van der Waals surface area (Å²) >= 11 is 0. The molecule has 4 heterocycles. The summed E-state index contributed by atoms with van der Waals surface area (Å²) in [6, 6.07) is 0.302. The van der Waals surface area contributed by atoms with Crippen molar-refractivity contribution in [1.82, 2.24) is 25.1 Å². The van der Waals surface area contributed by atoms with E-state index in [4.69, 9.17) is 4.74 Å². The Balaban J connectivity index is 1.57. The second-order valence-corrected chi connectivity index (χ2v) is 6.41. The highest BCUT2D eigenvalue weighted by molar-refractivity contribution is 5.86. The fourth-order valence-corrected chi connectivity index (χ4v) is 3.60. The Labute approximate surface area is 129 Å². The number of nitrogens with one attached hydrogen (secondary N) is 2. The molecule has 4 rings (SSSR count). The van der Waals surface area contributed by atoms with Crippen LogP contribution in [0.4, 0.5) is 5.82 Å². The van der Waals surface area contributed by atoms with Crippen molar-refractivity contribution in [1.29, 1.82) is 0 Å². The van der Waals surface area contributed by atoms with Crippen molar-refractivity contribution in [2.75, 3.05) is 25.0 Å². The third-order valence-electron chi connectivity index (χ3n) is 4.77. The molecule has 2 aliphatic heterocycles. The van der Waals surface area contributed by atoms with Gasteiger partial charge in [-0.2, -0.15) is 5.10 Å². The van der Waals surface area contributed by atoms with E-state index in [1.807, 2.05) is 20.2 Å². The van der Waals surface area contributed by atoms with Crippen molar-refractivity contribution in [2.24, 2.45) is 7.05 Å². The van der Waals surface area contributed by atoms with Crippen LogP contribution < -0.4 is 10.6 Å². The second-order valence-electron chi connectivity index (χ2n) is 6.41. The summed E-state index contributed by atoms with van der Waals surface area (Å²) in [5, 5.41) is 12.2. The average molecular weight is 302 g/mol. The lowest BCUT2D eigenvalue weighted by atomic mass is 9.88. The van der Waals surface area contributed by atoms with Crippen molar-refractivity contribution in [3.8, 4) is 0 Å². The van der Waals surface area contributed by atoms with Crippen molar-refractivity contribution < 1.29 is 4.74 Å². The summed E-state index contributed by atoms with van der Waals surface area (Å²) in [5.41, 5.74) is 0.921. The Kier molecular flexibility index (Phi) is 3.27. The van der Waals surface area contributed by atoms with E-state index in [1.165, 1.54) is 0 Å². The van der Waals surface area contributed by atoms with Crippen LogP contribution >= 0.6 is 0 Å². The highest BCUT2D eigenvalue weighted by Crippen LogP contribution is 2.35. The molecule has 0 aromatic carbocycles. The molecule has 0 aliphatic carbocycles. The van der Waals surface area contributed by atoms with E-state index >= 15 is 0 Å². The van der Waals surface area contributed by atoms with Gasteiger partial charge < -0.3 is 15.4 Å². The van der Waals surface area contributed by atoms with Gasteiger partial charge in [0.25, 0.3) is 0 Å². The van der Waals surface area contributed by atoms with Crippen LogP contribution in [0.2, 0.25) is 0 Å². The summed E-state index contributed by atoms with van der Waals surface area (Å²) < 4.78 is 7.93. The number of rotatable bonds is 2. The Hall–Kier alpha value is -1.73. The van der Waals surface area contributed by atoms with Crippen LogP contribution in [-0.2, 0) is 11.8 Å². The van der Waals surface area contributed by atoms with Gasteiger partial charge in [-0.05, 0) is 39.3 Å². The predicted octanol–water partition coefficient (Wildman–Crippen LogP) is 0.995. The number of anilines is 1. The van der Waals surface area contributed by atoms with Gasteiger partial charge in [-0.3, -0.25) is 4.68 Å². The standard InChI is InChI=1S/C15H22N6O/c1-10-18-13(12-8-17-21(2)14(12)19-10)20-11-7-15(22-9-11)3-5-16-6-4-15/h8,11,16H,3-7,9H2,1-2H3,(H,18,19,20)/t11-/m0/s1. The molecule has 0 saturated carbocycles. The van der Waals surface area contributed by atoms with Gasteiger partial charge in [-0.25, -0.2) is 9.97 Å². The zero-order valence-corrected chi connectivity index (χ0v) is 13.1. The lowest BCUT2D eigenvalue weighted by Crippen LogP contribution is -2.41. The van der Waals surface area contributed by atoms with Crippen LogP contribution in [0, 0.1) is 6.92 Å². The third-order valence-corrected chi connectivity index (χ3v) is 4.77. The van der Waals surface area contributed by atoms with E-state index in [-0.39, 0.29) is 5.60 Å². The molecule has 0 amide bonds. The Morgan fingerprint density at radius 3 is 3.00 bits per heavy atom. The quantitative estimate of drug-likeness (QED) is 0.862. The number of nitrogens with zero attached hydrogens (tertiary/aromatic N) is 4. The number of hydrogen-bond acceptors (Lipinski definition) is 6. The minimum absolute atomic E-state index is 0.0546. The first-order valence-electron chi connectivity index (χ1n) is 7.93. The molecule has 7 nitrogen and oxygen atoms in total. The molecule has 2 N–H and O–H groups in total. The molecular weight excluding hydrogens is 280 g/mol. The fraction of sp³-hybridized carbons (Fsp3) is 0.667. The zero-order chi connectivity index (χ0) is 15.2. The zero-order valence-electron chi connectivity index (χ0n) is 13.1. The topological polar surface area (TPSA) is 76.9 Å². The predicted molar refractivity (Wildman–Crippen MR) is 83.9 cm³/mol. The van der Waals surface area contributed by atoms with Crippen LogP contribution in [0.25, 0.3) is 11.0 Å². The molecular formula is C15H22N6O. The maximum atomic E-state index is 6.15. The number of piperidine rings is 1. The van der Waals surface area contributed by atoms with Gasteiger partial charge in [0.05, 0.1) is 29.8 Å². The monoisotopic (exact) mass is 302 g/mol. The molecule has 118 valence electrons. The van der Waals surface area contributed by atoms with Gasteiger partial charge >= 0.3 is 0 Å². The van der Waals surface area contributed by atoms with Gasteiger partial charge in [0.15, 0.2) is 5.65 Å². The average Bonchev–Trinajstić information content (AvgIpc) is 3.05. The lowest BCUT2D eigenvalue weighted by molar-refractivity contribution is -0.0192. The van der Waals surface area contributed by atoms with E-state index in [0.717, 1.165) is 61.6 Å². The van der Waals surface area contributed by atoms with Crippen molar-refractivity contribution in [3.63, 3.8) is 0 Å². The summed E-state index contributed by atoms with van der Waals surface area (Å²) in [4.78, 5) is 9.03. The van der Waals surface area contributed by atoms with Crippen LogP contribution in [0.5, 0.6) is 0 Å². The van der Waals surface area contributed by atoms with Gasteiger partial charge in [0.1, 0.15) is 11.6 Å². The molecule has 1 atom stereocenters. The maximum absolute atomic E-state index is 6.15. The first-order valence-corrected chi connectivity index (χ1v) is 7.93. The van der Waals surface area contributed by atoms with Crippen LogP contribution in [0.1, 0.15) is 25.1 Å². The lowest BCUT2D eigenvalue weighted by Gasteiger charge is -2.32. The molecule has 0 unspecified atom stereocenters. The van der Waals surface area contributed by atoms with Gasteiger partial charge in [0.2, 0.25) is 0 Å². The highest BCUT2D eigenvalue weighted by atomic mass is 16.5. The number of fused-ring (bicyclic) bond motifs is 1. The third kappa shape index (κ3) is 2.34. The summed E-state index contributed by atoms with van der Waals surface area (Å²) in [7, 11) is 1.90. The normalized spacial score (nSPS) is 24.2. The molecule has 22 heavy (non-hydrogen) atoms. The maximum Gasteiger partial charge on any atom is 0.163 e. The van der Waals surface area contributed by atoms with E-state index in [0.29, 0.717) is 6.04 Å². The van der Waals surface area contributed by atoms with Crippen LogP contribution in [0.3, 0.4) is 0 Å². The second kappa shape index (κ2) is 5.17. The highest BCUT2D eigenvalue weighted by Gasteiger charge is 2.41. The van der Waals surface area contributed by atoms with Gasteiger partial charge in [-0.15, -0.1) is 0 Å². The molecule has 2 saturated heterocycles. The van der Waals surface area contributed by atoms with Crippen LogP contribution in [-0.4, -0.2) is 51.1 Å². The van der Waals surface area contributed by atoms with E-state index in [2.05, 4.69) is 25.7 Å².